The lowest BCUT2D eigenvalue weighted by Crippen LogP contribution is -2.43. The first-order chi connectivity index (χ1) is 14.3. The number of rotatable bonds is 6. The number of ether oxygens (including phenoxy) is 2. The van der Waals surface area contributed by atoms with E-state index in [9.17, 15) is 17.6 Å². The maximum absolute atomic E-state index is 13.3. The quantitative estimate of drug-likeness (QED) is 0.705. The van der Waals surface area contributed by atoms with Gasteiger partial charge in [0.05, 0.1) is 12.9 Å². The number of carbonyl (C=O) groups is 1. The van der Waals surface area contributed by atoms with Gasteiger partial charge in [-0.15, -0.1) is 0 Å². The Morgan fingerprint density at radius 2 is 2.07 bits per heavy atom. The van der Waals surface area contributed by atoms with Crippen LogP contribution in [0.25, 0.3) is 5.57 Å². The van der Waals surface area contributed by atoms with Crippen molar-refractivity contribution in [3.05, 3.63) is 59.7 Å². The first-order valence-electron chi connectivity index (χ1n) is 9.60. The van der Waals surface area contributed by atoms with Crippen molar-refractivity contribution in [1.29, 1.82) is 0 Å². The highest BCUT2D eigenvalue weighted by atomic mass is 32.2. The van der Waals surface area contributed by atoms with Crippen molar-refractivity contribution >= 4 is 21.5 Å². The molecule has 2 aliphatic rings. The van der Waals surface area contributed by atoms with E-state index in [2.05, 4.69) is 4.98 Å². The van der Waals surface area contributed by atoms with Crippen LogP contribution in [0.15, 0.2) is 47.7 Å². The Hall–Kier alpha value is -2.94. The van der Waals surface area contributed by atoms with E-state index in [1.807, 2.05) is 29.8 Å². The molecule has 30 heavy (non-hydrogen) atoms. The number of hydrogen-bond acceptors (Lipinski definition) is 6. The molecule has 0 unspecified atom stereocenters. The number of nitrogens with one attached hydrogen (secondary N) is 1. The van der Waals surface area contributed by atoms with Crippen LogP contribution < -0.4 is 9.46 Å². The molecule has 1 aromatic heterocycles. The first-order valence-corrected chi connectivity index (χ1v) is 11.1. The molecule has 1 aromatic carbocycles. The van der Waals surface area contributed by atoms with E-state index in [4.69, 9.17) is 9.47 Å². The highest BCUT2D eigenvalue weighted by Crippen LogP contribution is 2.43. The summed E-state index contributed by atoms with van der Waals surface area (Å²) in [5, 5.41) is -0.563. The van der Waals surface area contributed by atoms with Gasteiger partial charge in [0.25, 0.3) is 15.9 Å². The molecule has 0 bridgehead atoms. The lowest BCUT2D eigenvalue weighted by molar-refractivity contribution is -0.127. The molecule has 9 heteroatoms. The summed E-state index contributed by atoms with van der Waals surface area (Å²) in [5.41, 5.74) is 1.43. The zero-order valence-corrected chi connectivity index (χ0v) is 17.2. The lowest BCUT2D eigenvalue weighted by Gasteiger charge is -2.22. The summed E-state index contributed by atoms with van der Waals surface area (Å²) in [6.07, 6.45) is 4.13. The molecule has 1 aliphatic heterocycles. The number of allylic oxidation sites excluding steroid dienone is 1. The topological polar surface area (TPSA) is 94.6 Å². The molecule has 1 saturated carbocycles. The molecule has 4 rings (SSSR count). The summed E-state index contributed by atoms with van der Waals surface area (Å²) in [6.45, 7) is 2.56. The van der Waals surface area contributed by atoms with Gasteiger partial charge in [-0.05, 0) is 49.1 Å². The molecule has 7 nitrogen and oxygen atoms in total. The molecular weight excluding hydrogens is 411 g/mol. The van der Waals surface area contributed by atoms with Crippen molar-refractivity contribution in [2.24, 2.45) is 0 Å². The lowest BCUT2D eigenvalue weighted by atomic mass is 9.99. The van der Waals surface area contributed by atoms with E-state index in [1.165, 1.54) is 6.07 Å². The Kier molecular flexibility index (Phi) is 5.23. The predicted octanol–water partition coefficient (Wildman–Crippen LogP) is 3.10. The smallest absolute Gasteiger partial charge is 0.281 e. The maximum atomic E-state index is 13.3. The SMILES string of the molecule is Cc1ccc(C2=COCCC2)c(OC2(C(=O)NS(=O)(=O)c3cccc(F)n3)CC2)c1. The standard InChI is InChI=1S/C21H21FN2O5S/c1-14-7-8-16(15-4-3-11-28-13-15)17(12-14)29-21(9-10-21)20(25)24-30(26,27)19-6-2-5-18(22)23-19/h2,5-8,12-13H,3-4,9-11H2,1H3,(H,24,25). The minimum Gasteiger partial charge on any atom is -0.501 e. The summed E-state index contributed by atoms with van der Waals surface area (Å²) < 4.78 is 51.7. The molecule has 0 saturated heterocycles. The number of pyridine rings is 1. The van der Waals surface area contributed by atoms with Crippen molar-refractivity contribution in [2.45, 2.75) is 43.2 Å². The molecule has 1 fully saturated rings. The Balaban J connectivity index is 1.57. The number of aromatic nitrogens is 1. The van der Waals surface area contributed by atoms with Crippen LogP contribution in [0.3, 0.4) is 0 Å². The van der Waals surface area contributed by atoms with Crippen molar-refractivity contribution in [3.8, 4) is 5.75 Å². The number of aryl methyl sites for hydroxylation is 1. The number of carbonyl (C=O) groups excluding carboxylic acids is 1. The van der Waals surface area contributed by atoms with Crippen LogP contribution >= 0.6 is 0 Å². The minimum atomic E-state index is -4.32. The monoisotopic (exact) mass is 432 g/mol. The molecule has 2 heterocycles. The third-order valence-corrected chi connectivity index (χ3v) is 6.26. The van der Waals surface area contributed by atoms with E-state index in [-0.39, 0.29) is 0 Å². The van der Waals surface area contributed by atoms with Gasteiger partial charge >= 0.3 is 0 Å². The third kappa shape index (κ3) is 4.16. The van der Waals surface area contributed by atoms with Crippen LogP contribution in [-0.2, 0) is 19.6 Å². The summed E-state index contributed by atoms with van der Waals surface area (Å²) in [4.78, 5) is 16.1. The fourth-order valence-electron chi connectivity index (χ4n) is 3.25. The van der Waals surface area contributed by atoms with Crippen LogP contribution in [-0.4, -0.2) is 31.5 Å². The Bertz CT molecular complexity index is 1130. The van der Waals surface area contributed by atoms with Crippen molar-refractivity contribution < 1.29 is 27.1 Å². The Morgan fingerprint density at radius 3 is 2.73 bits per heavy atom. The molecule has 1 aliphatic carbocycles. The fraction of sp³-hybridized carbons (Fsp3) is 0.333. The molecule has 158 valence electrons. The number of benzene rings is 1. The van der Waals surface area contributed by atoms with Gasteiger partial charge in [0.1, 0.15) is 5.75 Å². The average Bonchev–Trinajstić information content (AvgIpc) is 3.49. The normalized spacial score (nSPS) is 17.5. The van der Waals surface area contributed by atoms with Gasteiger partial charge in [0.2, 0.25) is 5.95 Å². The summed E-state index contributed by atoms with van der Waals surface area (Å²) >= 11 is 0. The molecule has 2 aromatic rings. The fourth-order valence-corrected chi connectivity index (χ4v) is 4.25. The number of amides is 1. The molecular formula is C21H21FN2O5S. The van der Waals surface area contributed by atoms with Crippen molar-refractivity contribution in [2.75, 3.05) is 6.61 Å². The van der Waals surface area contributed by atoms with Crippen LogP contribution in [0.5, 0.6) is 5.75 Å². The van der Waals surface area contributed by atoms with Gasteiger partial charge in [0.15, 0.2) is 10.6 Å². The van der Waals surface area contributed by atoms with Crippen molar-refractivity contribution in [3.63, 3.8) is 0 Å². The van der Waals surface area contributed by atoms with Crippen molar-refractivity contribution in [1.82, 2.24) is 9.71 Å². The minimum absolute atomic E-state index is 0.369. The highest BCUT2D eigenvalue weighted by molar-refractivity contribution is 7.90. The van der Waals surface area contributed by atoms with Gasteiger partial charge in [-0.3, -0.25) is 4.79 Å². The van der Waals surface area contributed by atoms with Crippen LogP contribution in [0, 0.1) is 12.9 Å². The zero-order valence-electron chi connectivity index (χ0n) is 16.4. The number of sulfonamides is 1. The van der Waals surface area contributed by atoms with Gasteiger partial charge in [-0.25, -0.2) is 9.71 Å². The largest absolute Gasteiger partial charge is 0.501 e. The number of nitrogens with zero attached hydrogens (tertiary/aromatic N) is 1. The van der Waals surface area contributed by atoms with Crippen LogP contribution in [0.2, 0.25) is 0 Å². The molecule has 1 amide bonds. The average molecular weight is 432 g/mol. The molecule has 0 radical (unpaired) electrons. The molecule has 0 atom stereocenters. The maximum Gasteiger partial charge on any atom is 0.281 e. The van der Waals surface area contributed by atoms with E-state index < -0.39 is 32.5 Å². The van der Waals surface area contributed by atoms with Gasteiger partial charge in [-0.1, -0.05) is 18.2 Å². The summed E-state index contributed by atoms with van der Waals surface area (Å²) in [7, 11) is -4.32. The second-order valence-corrected chi connectivity index (χ2v) is 9.08. The third-order valence-electron chi connectivity index (χ3n) is 5.03. The van der Waals surface area contributed by atoms with E-state index >= 15 is 0 Å². The first kappa shape index (κ1) is 20.3. The predicted molar refractivity (Wildman–Crippen MR) is 106 cm³/mol. The number of halogens is 1. The van der Waals surface area contributed by atoms with Crippen LogP contribution in [0.1, 0.15) is 36.8 Å². The second-order valence-electron chi connectivity index (χ2n) is 7.45. The molecule has 0 spiro atoms. The zero-order chi connectivity index (χ0) is 21.4. The van der Waals surface area contributed by atoms with Crippen LogP contribution in [0.4, 0.5) is 4.39 Å². The second kappa shape index (κ2) is 7.71. The Morgan fingerprint density at radius 1 is 1.27 bits per heavy atom. The highest BCUT2D eigenvalue weighted by Gasteiger charge is 2.54. The Labute approximate surface area is 174 Å². The van der Waals surface area contributed by atoms with Gasteiger partial charge in [0, 0.05) is 18.4 Å². The summed E-state index contributed by atoms with van der Waals surface area (Å²) in [5.74, 6) is -1.24. The summed E-state index contributed by atoms with van der Waals surface area (Å²) in [6, 6.07) is 9.02. The van der Waals surface area contributed by atoms with E-state index in [1.54, 1.807) is 6.26 Å². The number of hydrogen-bond donors (Lipinski definition) is 1. The van der Waals surface area contributed by atoms with E-state index in [0.29, 0.717) is 25.2 Å². The molecule has 1 N–H and O–H groups in total. The van der Waals surface area contributed by atoms with Gasteiger partial charge < -0.3 is 9.47 Å². The van der Waals surface area contributed by atoms with Gasteiger partial charge in [-0.2, -0.15) is 12.8 Å². The van der Waals surface area contributed by atoms with E-state index in [0.717, 1.165) is 41.7 Å².